The molecule has 1 aromatic carbocycles. The van der Waals surface area contributed by atoms with Crippen LogP contribution in [-0.4, -0.2) is 7.05 Å². The Morgan fingerprint density at radius 1 is 1.36 bits per heavy atom. The number of nitrogens with two attached hydrogens (primary N) is 1. The van der Waals surface area contributed by atoms with Crippen LogP contribution in [0.25, 0.3) is 0 Å². The molecule has 2 nitrogen and oxygen atoms in total. The first-order chi connectivity index (χ1) is 5.34. The molecule has 0 aliphatic carbocycles. The molecule has 0 spiro atoms. The number of halogens is 1. The Kier molecular flexibility index (Phi) is 4.70. The van der Waals surface area contributed by atoms with E-state index in [1.165, 1.54) is 19.2 Å². The van der Waals surface area contributed by atoms with Crippen LogP contribution >= 0.6 is 0 Å². The largest absolute Gasteiger partial charge is 0.333 e. The van der Waals surface area contributed by atoms with Crippen LogP contribution < -0.4 is 5.73 Å². The van der Waals surface area contributed by atoms with Gasteiger partial charge in [-0.15, -0.1) is 0 Å². The molecule has 1 rings (SSSR count). The third-order valence-electron chi connectivity index (χ3n) is 0.994. The summed E-state index contributed by atoms with van der Waals surface area (Å²) in [4.78, 5) is 0. The van der Waals surface area contributed by atoms with Gasteiger partial charge in [0.1, 0.15) is 11.9 Å². The fourth-order valence-electron chi connectivity index (χ4n) is 0.552. The predicted octanol–water partition coefficient (Wildman–Crippen LogP) is 1.27. The number of hydrogen-bond acceptors (Lipinski definition) is 2. The summed E-state index contributed by atoms with van der Waals surface area (Å²) in [5, 5.41) is 8.23. The number of hydrogen-bond donors (Lipinski definition) is 1. The highest BCUT2D eigenvalue weighted by Gasteiger charge is 1.94. The summed E-state index contributed by atoms with van der Waals surface area (Å²) in [6.45, 7) is 0. The molecule has 0 bridgehead atoms. The van der Waals surface area contributed by atoms with Crippen molar-refractivity contribution >= 4 is 0 Å². The third-order valence-corrected chi connectivity index (χ3v) is 0.994. The Morgan fingerprint density at radius 3 is 2.27 bits per heavy atom. The lowest BCUT2D eigenvalue weighted by atomic mass is 10.2. The molecule has 0 amide bonds. The second-order valence-corrected chi connectivity index (χ2v) is 1.59. The maximum atomic E-state index is 12.4. The van der Waals surface area contributed by atoms with Crippen molar-refractivity contribution in [2.75, 3.05) is 7.05 Å². The van der Waals surface area contributed by atoms with Crippen LogP contribution in [0.2, 0.25) is 0 Å². The summed E-state index contributed by atoms with van der Waals surface area (Å²) in [6, 6.07) is 7.60. The van der Waals surface area contributed by atoms with Crippen LogP contribution in [0, 0.1) is 17.1 Å². The normalized spacial score (nSPS) is 7.45. The summed E-state index contributed by atoms with van der Waals surface area (Å²) in [5.74, 6) is -0.458. The zero-order valence-electron chi connectivity index (χ0n) is 6.21. The first kappa shape index (κ1) is 9.60. The highest BCUT2D eigenvalue weighted by atomic mass is 19.1. The van der Waals surface area contributed by atoms with E-state index in [-0.39, 0.29) is 5.56 Å². The highest BCUT2D eigenvalue weighted by molar-refractivity contribution is 5.29. The van der Waals surface area contributed by atoms with Crippen molar-refractivity contribution < 1.29 is 4.39 Å². The molecule has 0 fully saturated rings. The fourth-order valence-corrected chi connectivity index (χ4v) is 0.552. The quantitative estimate of drug-likeness (QED) is 0.608. The number of nitrogens with zero attached hydrogens (tertiary/aromatic N) is 1. The van der Waals surface area contributed by atoms with Gasteiger partial charge in [0.2, 0.25) is 0 Å². The number of rotatable bonds is 0. The zero-order chi connectivity index (χ0) is 8.69. The Labute approximate surface area is 65.1 Å². The molecule has 0 aliphatic heterocycles. The van der Waals surface area contributed by atoms with Gasteiger partial charge in [-0.3, -0.25) is 0 Å². The predicted molar refractivity (Wildman–Crippen MR) is 41.2 cm³/mol. The molecule has 0 aromatic heterocycles. The summed E-state index contributed by atoms with van der Waals surface area (Å²) in [7, 11) is 1.50. The smallest absolute Gasteiger partial charge is 0.140 e. The lowest BCUT2D eigenvalue weighted by Crippen LogP contribution is -1.78. The molecule has 0 saturated heterocycles. The van der Waals surface area contributed by atoms with Crippen molar-refractivity contribution in [1.82, 2.24) is 0 Å². The van der Waals surface area contributed by atoms with Crippen LogP contribution in [0.3, 0.4) is 0 Å². The van der Waals surface area contributed by atoms with E-state index in [2.05, 4.69) is 5.73 Å². The van der Waals surface area contributed by atoms with Gasteiger partial charge in [0.05, 0.1) is 5.56 Å². The molecule has 0 heterocycles. The van der Waals surface area contributed by atoms with Crippen molar-refractivity contribution in [3.8, 4) is 6.07 Å². The van der Waals surface area contributed by atoms with Crippen molar-refractivity contribution in [1.29, 1.82) is 5.26 Å². The molecule has 0 aliphatic rings. The van der Waals surface area contributed by atoms with Gasteiger partial charge in [-0.25, -0.2) is 4.39 Å². The van der Waals surface area contributed by atoms with E-state index in [4.69, 9.17) is 5.26 Å². The lowest BCUT2D eigenvalue weighted by Gasteiger charge is -1.86. The summed E-state index contributed by atoms with van der Waals surface area (Å²) < 4.78 is 12.4. The lowest BCUT2D eigenvalue weighted by molar-refractivity contribution is 0.624. The molecule has 0 radical (unpaired) electrons. The van der Waals surface area contributed by atoms with Crippen LogP contribution in [0.15, 0.2) is 24.3 Å². The van der Waals surface area contributed by atoms with Crippen LogP contribution in [0.5, 0.6) is 0 Å². The van der Waals surface area contributed by atoms with E-state index in [9.17, 15) is 4.39 Å². The average molecular weight is 152 g/mol. The van der Waals surface area contributed by atoms with E-state index < -0.39 is 5.82 Å². The van der Waals surface area contributed by atoms with Crippen LogP contribution in [0.4, 0.5) is 4.39 Å². The van der Waals surface area contributed by atoms with Gasteiger partial charge in [0.15, 0.2) is 0 Å². The molecule has 0 unspecified atom stereocenters. The maximum absolute atomic E-state index is 12.4. The Hall–Kier alpha value is -1.40. The molecular formula is C8H9FN2. The summed E-state index contributed by atoms with van der Waals surface area (Å²) >= 11 is 0. The molecule has 0 atom stereocenters. The van der Waals surface area contributed by atoms with Crippen molar-refractivity contribution in [2.45, 2.75) is 0 Å². The van der Waals surface area contributed by atoms with Gasteiger partial charge in [-0.05, 0) is 19.2 Å². The SMILES string of the molecule is CN.N#Cc1ccccc1F. The monoisotopic (exact) mass is 152 g/mol. The highest BCUT2D eigenvalue weighted by Crippen LogP contribution is 2.02. The van der Waals surface area contributed by atoms with Gasteiger partial charge in [-0.1, -0.05) is 12.1 Å². The van der Waals surface area contributed by atoms with Crippen LogP contribution in [-0.2, 0) is 0 Å². The van der Waals surface area contributed by atoms with Crippen molar-refractivity contribution in [3.05, 3.63) is 35.6 Å². The van der Waals surface area contributed by atoms with Gasteiger partial charge < -0.3 is 5.73 Å². The minimum Gasteiger partial charge on any atom is -0.333 e. The van der Waals surface area contributed by atoms with Crippen LogP contribution in [0.1, 0.15) is 5.56 Å². The van der Waals surface area contributed by atoms with Gasteiger partial charge in [0.25, 0.3) is 0 Å². The van der Waals surface area contributed by atoms with E-state index >= 15 is 0 Å². The standard InChI is InChI=1S/C7H4FN.CH5N/c8-7-4-2-1-3-6(7)5-9;1-2/h1-4H;2H2,1H3. The minimum atomic E-state index is -0.458. The Morgan fingerprint density at radius 2 is 1.91 bits per heavy atom. The number of benzene rings is 1. The second kappa shape index (κ2) is 5.39. The third kappa shape index (κ3) is 2.78. The number of nitriles is 1. The van der Waals surface area contributed by atoms with Gasteiger partial charge in [0, 0.05) is 0 Å². The first-order valence-electron chi connectivity index (χ1n) is 3.07. The van der Waals surface area contributed by atoms with E-state index in [1.807, 2.05) is 0 Å². The minimum absolute atomic E-state index is 0.0949. The van der Waals surface area contributed by atoms with Crippen molar-refractivity contribution in [2.24, 2.45) is 5.73 Å². The van der Waals surface area contributed by atoms with E-state index in [0.29, 0.717) is 0 Å². The average Bonchev–Trinajstić information content (AvgIpc) is 2.09. The van der Waals surface area contributed by atoms with E-state index in [0.717, 1.165) is 0 Å². The second-order valence-electron chi connectivity index (χ2n) is 1.59. The Balaban J connectivity index is 0.000000461. The van der Waals surface area contributed by atoms with Gasteiger partial charge >= 0.3 is 0 Å². The summed E-state index contributed by atoms with van der Waals surface area (Å²) in [5.41, 5.74) is 4.59. The fraction of sp³-hybridized carbons (Fsp3) is 0.125. The molecule has 3 heteroatoms. The molecule has 58 valence electrons. The Bertz CT molecular complexity index is 253. The maximum Gasteiger partial charge on any atom is 0.140 e. The molecule has 0 saturated carbocycles. The topological polar surface area (TPSA) is 49.8 Å². The molecule has 1 aromatic rings. The van der Waals surface area contributed by atoms with Crippen molar-refractivity contribution in [3.63, 3.8) is 0 Å². The first-order valence-corrected chi connectivity index (χ1v) is 3.07. The molecular weight excluding hydrogens is 143 g/mol. The molecule has 2 N–H and O–H groups in total. The molecule has 11 heavy (non-hydrogen) atoms. The van der Waals surface area contributed by atoms with E-state index in [1.54, 1.807) is 18.2 Å². The summed E-state index contributed by atoms with van der Waals surface area (Å²) in [6.07, 6.45) is 0. The van der Waals surface area contributed by atoms with Gasteiger partial charge in [-0.2, -0.15) is 5.26 Å². The zero-order valence-corrected chi connectivity index (χ0v) is 6.21.